The molecule has 4 saturated heterocycles. The first-order valence-corrected chi connectivity index (χ1v) is 27.9. The van der Waals surface area contributed by atoms with Crippen LogP contribution in [0.1, 0.15) is 113 Å². The maximum Gasteiger partial charge on any atom is 0.187 e. The lowest BCUT2D eigenvalue weighted by Gasteiger charge is -2.71. The zero-order valence-corrected chi connectivity index (χ0v) is 45.8. The van der Waals surface area contributed by atoms with Gasteiger partial charge in [-0.2, -0.15) is 0 Å². The van der Waals surface area contributed by atoms with E-state index in [1.165, 1.54) is 0 Å². The Morgan fingerprint density at radius 2 is 1.05 bits per heavy atom. The second-order valence-corrected chi connectivity index (χ2v) is 25.7. The molecule has 0 radical (unpaired) electrons. The molecule has 77 heavy (non-hydrogen) atoms. The minimum absolute atomic E-state index is 0.0374. The molecular weight excluding hydrogens is 1020 g/mol. The molecule has 6 unspecified atom stereocenters. The molecule has 0 aromatic rings. The van der Waals surface area contributed by atoms with E-state index < -0.39 is 178 Å². The van der Waals surface area contributed by atoms with Crippen molar-refractivity contribution in [3.63, 3.8) is 0 Å². The molecule has 4 saturated carbocycles. The largest absolute Gasteiger partial charge is 0.394 e. The van der Waals surface area contributed by atoms with Crippen LogP contribution in [-0.2, 0) is 37.9 Å². The summed E-state index contributed by atoms with van der Waals surface area (Å²) in [5.74, 6) is -0.475. The lowest BCUT2D eigenvalue weighted by atomic mass is 9.35. The van der Waals surface area contributed by atoms with Crippen molar-refractivity contribution in [1.29, 1.82) is 0 Å². The highest BCUT2D eigenvalue weighted by atomic mass is 16.8. The van der Waals surface area contributed by atoms with Gasteiger partial charge in [0.05, 0.1) is 44.2 Å². The first-order chi connectivity index (χ1) is 36.0. The van der Waals surface area contributed by atoms with Gasteiger partial charge in [-0.15, -0.1) is 0 Å². The van der Waals surface area contributed by atoms with Crippen LogP contribution in [0.25, 0.3) is 0 Å². The van der Waals surface area contributed by atoms with Crippen LogP contribution >= 0.6 is 0 Å². The monoisotopic (exact) mass is 1110 g/mol. The third-order valence-corrected chi connectivity index (χ3v) is 20.9. The number of rotatable bonds is 16. The summed E-state index contributed by atoms with van der Waals surface area (Å²) >= 11 is 0. The van der Waals surface area contributed by atoms with E-state index in [1.807, 2.05) is 20.8 Å². The minimum atomic E-state index is -1.82. The van der Waals surface area contributed by atoms with Crippen molar-refractivity contribution < 1.29 is 114 Å². The number of hydrogen-bond donors (Lipinski definition) is 15. The maximum absolute atomic E-state index is 12.8. The summed E-state index contributed by atoms with van der Waals surface area (Å²) in [4.78, 5) is 0. The molecule has 8 fully saturated rings. The Balaban J connectivity index is 1.01. The smallest absolute Gasteiger partial charge is 0.187 e. The van der Waals surface area contributed by atoms with Crippen molar-refractivity contribution in [2.24, 2.45) is 45.3 Å². The number of fused-ring (bicyclic) bond motifs is 5. The molecule has 0 amide bonds. The number of aliphatic hydroxyl groups is 15. The molecule has 0 aromatic carbocycles. The number of aliphatic hydroxyl groups excluding tert-OH is 15. The molecule has 23 heteroatoms. The van der Waals surface area contributed by atoms with Crippen molar-refractivity contribution in [2.45, 2.75) is 254 Å². The minimum Gasteiger partial charge on any atom is -0.394 e. The number of allylic oxidation sites excluding steroid dienone is 2. The van der Waals surface area contributed by atoms with Crippen molar-refractivity contribution in [2.75, 3.05) is 26.4 Å². The molecule has 30 atom stereocenters. The van der Waals surface area contributed by atoms with Crippen LogP contribution in [0.4, 0.5) is 0 Å². The lowest BCUT2D eigenvalue weighted by Crippen LogP contribution is -2.68. The van der Waals surface area contributed by atoms with Crippen LogP contribution in [0.15, 0.2) is 11.6 Å². The Hall–Kier alpha value is -1.18. The first-order valence-electron chi connectivity index (χ1n) is 27.9. The van der Waals surface area contributed by atoms with Crippen LogP contribution in [0.2, 0.25) is 0 Å². The third kappa shape index (κ3) is 10.9. The zero-order valence-electron chi connectivity index (χ0n) is 45.8. The Labute approximate surface area is 450 Å². The standard InChI is InChI=1S/C54H92O23/c1-23(2)10-9-14-54(8,77-48-44(69)40(65)37(62)29(74-48)22-70-46-42(67)38(63)34(59)26(19-55)71-46)24-11-16-53(7)33(24)25(58)18-31-51(5)15-13-32(50(3,4)30(51)12-17-52(31,53)6)75-49-45(41(66)36(61)28(21-57)73-49)76-47-43(68)39(64)35(60)27(20-56)72-47/h10,24-49,55-69H,9,11-22H2,1-8H3/t24?,25?,26-,27-,28-,29-,30?,31?,32+,33+,34-,35-,36-,37-,38+,39+,40+,41+,42-,43-,44-,45-,46-,47+,48+,49+,51+,52-,53?,54?/m1/s1. The summed E-state index contributed by atoms with van der Waals surface area (Å²) in [7, 11) is 0. The fourth-order valence-corrected chi connectivity index (χ4v) is 16.3. The van der Waals surface area contributed by atoms with Gasteiger partial charge in [-0.3, -0.25) is 0 Å². The number of ether oxygens (including phenoxy) is 8. The summed E-state index contributed by atoms with van der Waals surface area (Å²) in [5, 5.41) is 162. The Morgan fingerprint density at radius 3 is 1.64 bits per heavy atom. The molecule has 4 aliphatic carbocycles. The first kappa shape index (κ1) is 61.9. The normalized spacial score (nSPS) is 52.7. The Bertz CT molecular complexity index is 1990. The fourth-order valence-electron chi connectivity index (χ4n) is 16.3. The van der Waals surface area contributed by atoms with Crippen LogP contribution in [0.5, 0.6) is 0 Å². The van der Waals surface area contributed by atoms with E-state index in [1.54, 1.807) is 0 Å². The topological polar surface area (TPSA) is 377 Å². The quantitative estimate of drug-likeness (QED) is 0.0576. The summed E-state index contributed by atoms with van der Waals surface area (Å²) in [6, 6.07) is 0. The molecule has 15 N–H and O–H groups in total. The van der Waals surface area contributed by atoms with Gasteiger partial charge in [0, 0.05) is 0 Å². The molecule has 0 bridgehead atoms. The van der Waals surface area contributed by atoms with Crippen molar-refractivity contribution >= 4 is 0 Å². The van der Waals surface area contributed by atoms with Crippen molar-refractivity contribution in [3.8, 4) is 0 Å². The molecular formula is C54H92O23. The van der Waals surface area contributed by atoms with E-state index >= 15 is 0 Å². The van der Waals surface area contributed by atoms with Crippen LogP contribution in [-0.4, -0.2) is 244 Å². The van der Waals surface area contributed by atoms with E-state index in [4.69, 9.17) is 37.9 Å². The molecule has 446 valence electrons. The Kier molecular flexibility index (Phi) is 18.9. The molecule has 8 aliphatic rings. The van der Waals surface area contributed by atoms with E-state index in [-0.39, 0.29) is 34.5 Å². The SMILES string of the molecule is CC(C)=CCCC(C)(O[C@@H]1O[C@H](CO[C@@H]2O[C@H](CO)[C@@H](O)[C@H](O)[C@H]2O)[C@@H](O)[C@H](O)[C@H]1O)C1CCC2(C)[C@@H]1C(O)CC1[C@@]3(C)CC[C@H](O[C@@H]4O[C@H](CO)[C@@H](O)[C@H](O)[C@H]4O[C@@H]4O[C@H](CO)[C@@H](O)[C@H](O)[C@H]4O)C(C)(C)C3CC[C@]12C. The molecule has 0 aromatic heterocycles. The molecule has 4 aliphatic heterocycles. The summed E-state index contributed by atoms with van der Waals surface area (Å²) in [6.07, 6.45) is -25.2. The molecule has 23 nitrogen and oxygen atoms in total. The highest BCUT2D eigenvalue weighted by Crippen LogP contribution is 2.76. The average molecular weight is 1110 g/mol. The van der Waals surface area contributed by atoms with Crippen LogP contribution < -0.4 is 0 Å². The van der Waals surface area contributed by atoms with Gasteiger partial charge in [-0.05, 0) is 124 Å². The van der Waals surface area contributed by atoms with Crippen LogP contribution in [0, 0.1) is 45.3 Å². The van der Waals surface area contributed by atoms with Gasteiger partial charge in [0.15, 0.2) is 25.2 Å². The fraction of sp³-hybridized carbons (Fsp3) is 0.963. The van der Waals surface area contributed by atoms with Gasteiger partial charge in [-0.25, -0.2) is 0 Å². The number of hydrogen-bond acceptors (Lipinski definition) is 23. The van der Waals surface area contributed by atoms with Gasteiger partial charge >= 0.3 is 0 Å². The van der Waals surface area contributed by atoms with Crippen molar-refractivity contribution in [3.05, 3.63) is 11.6 Å². The van der Waals surface area contributed by atoms with E-state index in [9.17, 15) is 76.6 Å². The van der Waals surface area contributed by atoms with Gasteiger partial charge in [0.2, 0.25) is 0 Å². The average Bonchev–Trinajstić information content (AvgIpc) is 3.96. The highest BCUT2D eigenvalue weighted by molar-refractivity contribution is 5.20. The van der Waals surface area contributed by atoms with E-state index in [2.05, 4.69) is 40.7 Å². The predicted molar refractivity (Wildman–Crippen MR) is 266 cm³/mol. The van der Waals surface area contributed by atoms with Gasteiger partial charge in [0.1, 0.15) is 97.7 Å². The second kappa shape index (κ2) is 23.5. The van der Waals surface area contributed by atoms with E-state index in [0.29, 0.717) is 38.5 Å². The summed E-state index contributed by atoms with van der Waals surface area (Å²) in [6.45, 7) is 14.6. The molecule has 4 heterocycles. The lowest BCUT2D eigenvalue weighted by molar-refractivity contribution is -0.378. The zero-order chi connectivity index (χ0) is 56.6. The second-order valence-electron chi connectivity index (χ2n) is 25.7. The molecule has 8 rings (SSSR count). The maximum atomic E-state index is 12.8. The van der Waals surface area contributed by atoms with E-state index in [0.717, 1.165) is 24.8 Å². The van der Waals surface area contributed by atoms with Gasteiger partial charge in [0.25, 0.3) is 0 Å². The third-order valence-electron chi connectivity index (χ3n) is 20.9. The van der Waals surface area contributed by atoms with Crippen molar-refractivity contribution in [1.82, 2.24) is 0 Å². The highest BCUT2D eigenvalue weighted by Gasteiger charge is 2.72. The predicted octanol–water partition coefficient (Wildman–Crippen LogP) is -2.20. The van der Waals surface area contributed by atoms with Gasteiger partial charge < -0.3 is 114 Å². The summed E-state index contributed by atoms with van der Waals surface area (Å²) in [5.41, 5.74) is -1.59. The summed E-state index contributed by atoms with van der Waals surface area (Å²) < 4.78 is 48.9. The van der Waals surface area contributed by atoms with Crippen LogP contribution in [0.3, 0.4) is 0 Å². The van der Waals surface area contributed by atoms with Gasteiger partial charge in [-0.1, -0.05) is 46.3 Å². The Morgan fingerprint density at radius 1 is 0.545 bits per heavy atom. The molecule has 0 spiro atoms.